The standard InChI is InChI=1S/C8H14ClN3S/c1-3-4-7-10-11-8(9)12(7)5-6-13-2/h3-6H2,1-2H3. The first-order valence-corrected chi connectivity index (χ1v) is 6.13. The zero-order chi connectivity index (χ0) is 9.68. The van der Waals surface area contributed by atoms with E-state index in [0.717, 1.165) is 31.0 Å². The zero-order valence-corrected chi connectivity index (χ0v) is 9.53. The van der Waals surface area contributed by atoms with Crippen LogP contribution in [0.25, 0.3) is 0 Å². The van der Waals surface area contributed by atoms with E-state index in [1.165, 1.54) is 0 Å². The minimum atomic E-state index is 0.512. The minimum absolute atomic E-state index is 0.512. The number of aromatic nitrogens is 3. The first-order chi connectivity index (χ1) is 6.29. The van der Waals surface area contributed by atoms with E-state index in [0.29, 0.717) is 5.28 Å². The van der Waals surface area contributed by atoms with Gasteiger partial charge in [0.15, 0.2) is 0 Å². The maximum atomic E-state index is 5.90. The van der Waals surface area contributed by atoms with Crippen molar-refractivity contribution in [1.29, 1.82) is 0 Å². The number of nitrogens with zero attached hydrogens (tertiary/aromatic N) is 3. The Balaban J connectivity index is 2.69. The van der Waals surface area contributed by atoms with Crippen molar-refractivity contribution in [2.24, 2.45) is 0 Å². The van der Waals surface area contributed by atoms with Crippen LogP contribution in [-0.4, -0.2) is 26.8 Å². The fourth-order valence-corrected chi connectivity index (χ4v) is 1.71. The van der Waals surface area contributed by atoms with Gasteiger partial charge in [-0.2, -0.15) is 11.8 Å². The molecule has 1 aromatic heterocycles. The van der Waals surface area contributed by atoms with Crippen LogP contribution in [0.5, 0.6) is 0 Å². The molecule has 0 N–H and O–H groups in total. The van der Waals surface area contributed by atoms with Crippen LogP contribution in [0.1, 0.15) is 19.2 Å². The molecule has 0 unspecified atom stereocenters. The molecule has 0 saturated heterocycles. The Bertz CT molecular complexity index is 262. The number of thioether (sulfide) groups is 1. The van der Waals surface area contributed by atoms with E-state index in [-0.39, 0.29) is 0 Å². The Morgan fingerprint density at radius 2 is 2.23 bits per heavy atom. The van der Waals surface area contributed by atoms with Crippen molar-refractivity contribution in [2.45, 2.75) is 26.3 Å². The lowest BCUT2D eigenvalue weighted by Crippen LogP contribution is -2.05. The third kappa shape index (κ3) is 2.88. The summed E-state index contributed by atoms with van der Waals surface area (Å²) in [6, 6.07) is 0. The summed E-state index contributed by atoms with van der Waals surface area (Å²) in [7, 11) is 0. The summed E-state index contributed by atoms with van der Waals surface area (Å²) in [6.45, 7) is 3.03. The van der Waals surface area contributed by atoms with Gasteiger partial charge in [0, 0.05) is 18.7 Å². The van der Waals surface area contributed by atoms with Crippen molar-refractivity contribution in [3.8, 4) is 0 Å². The maximum absolute atomic E-state index is 5.90. The van der Waals surface area contributed by atoms with Crippen LogP contribution < -0.4 is 0 Å². The molecular formula is C8H14ClN3S. The Labute approximate surface area is 87.9 Å². The molecule has 13 heavy (non-hydrogen) atoms. The molecule has 0 aromatic carbocycles. The number of rotatable bonds is 5. The van der Waals surface area contributed by atoms with Gasteiger partial charge in [0.2, 0.25) is 5.28 Å². The van der Waals surface area contributed by atoms with E-state index in [1.807, 2.05) is 4.57 Å². The predicted octanol–water partition coefficient (Wildman–Crippen LogP) is 2.25. The van der Waals surface area contributed by atoms with Gasteiger partial charge in [0.1, 0.15) is 5.82 Å². The molecule has 0 bridgehead atoms. The van der Waals surface area contributed by atoms with Crippen LogP contribution >= 0.6 is 23.4 Å². The van der Waals surface area contributed by atoms with E-state index in [9.17, 15) is 0 Å². The van der Waals surface area contributed by atoms with Crippen molar-refractivity contribution < 1.29 is 0 Å². The van der Waals surface area contributed by atoms with Crippen LogP contribution in [0.4, 0.5) is 0 Å². The first-order valence-electron chi connectivity index (χ1n) is 4.36. The maximum Gasteiger partial charge on any atom is 0.225 e. The molecule has 0 aliphatic rings. The molecule has 0 spiro atoms. The molecule has 74 valence electrons. The van der Waals surface area contributed by atoms with Crippen molar-refractivity contribution >= 4 is 23.4 Å². The summed E-state index contributed by atoms with van der Waals surface area (Å²) in [5.74, 6) is 2.05. The monoisotopic (exact) mass is 219 g/mol. The molecule has 0 radical (unpaired) electrons. The van der Waals surface area contributed by atoms with Gasteiger partial charge in [-0.3, -0.25) is 0 Å². The summed E-state index contributed by atoms with van der Waals surface area (Å²) >= 11 is 7.70. The van der Waals surface area contributed by atoms with Gasteiger partial charge in [0.05, 0.1) is 0 Å². The second-order valence-electron chi connectivity index (χ2n) is 2.78. The molecule has 0 fully saturated rings. The fraction of sp³-hybridized carbons (Fsp3) is 0.750. The Morgan fingerprint density at radius 1 is 1.46 bits per heavy atom. The molecule has 3 nitrogen and oxygen atoms in total. The van der Waals surface area contributed by atoms with E-state index in [1.54, 1.807) is 11.8 Å². The lowest BCUT2D eigenvalue weighted by Gasteiger charge is -2.04. The van der Waals surface area contributed by atoms with E-state index in [4.69, 9.17) is 11.6 Å². The Kier molecular flexibility index (Phi) is 4.59. The number of hydrogen-bond acceptors (Lipinski definition) is 3. The minimum Gasteiger partial charge on any atom is -0.301 e. The van der Waals surface area contributed by atoms with E-state index >= 15 is 0 Å². The summed E-state index contributed by atoms with van der Waals surface area (Å²) in [5, 5.41) is 8.40. The van der Waals surface area contributed by atoms with Gasteiger partial charge in [-0.1, -0.05) is 6.92 Å². The van der Waals surface area contributed by atoms with Crippen LogP contribution in [0, 0.1) is 0 Å². The number of halogens is 1. The van der Waals surface area contributed by atoms with Crippen LogP contribution in [0.2, 0.25) is 5.28 Å². The molecule has 0 aliphatic carbocycles. The smallest absolute Gasteiger partial charge is 0.225 e. The van der Waals surface area contributed by atoms with Gasteiger partial charge >= 0.3 is 0 Å². The van der Waals surface area contributed by atoms with Crippen LogP contribution in [0.15, 0.2) is 0 Å². The quantitative estimate of drug-likeness (QED) is 0.761. The second-order valence-corrected chi connectivity index (χ2v) is 4.10. The van der Waals surface area contributed by atoms with Crippen molar-refractivity contribution in [3.05, 3.63) is 11.1 Å². The molecular weight excluding hydrogens is 206 g/mol. The zero-order valence-electron chi connectivity index (χ0n) is 7.96. The van der Waals surface area contributed by atoms with E-state index in [2.05, 4.69) is 23.4 Å². The molecule has 0 amide bonds. The SMILES string of the molecule is CCCc1nnc(Cl)n1CCSC. The van der Waals surface area contributed by atoms with Crippen LogP contribution in [-0.2, 0) is 13.0 Å². The Hall–Kier alpha value is -0.220. The van der Waals surface area contributed by atoms with Gasteiger partial charge in [-0.25, -0.2) is 0 Å². The highest BCUT2D eigenvalue weighted by atomic mass is 35.5. The van der Waals surface area contributed by atoms with Crippen molar-refractivity contribution in [1.82, 2.24) is 14.8 Å². The summed E-state index contributed by atoms with van der Waals surface area (Å²) < 4.78 is 1.99. The van der Waals surface area contributed by atoms with Gasteiger partial charge in [-0.15, -0.1) is 10.2 Å². The van der Waals surface area contributed by atoms with Crippen molar-refractivity contribution in [2.75, 3.05) is 12.0 Å². The van der Waals surface area contributed by atoms with Gasteiger partial charge in [0.25, 0.3) is 0 Å². The van der Waals surface area contributed by atoms with Crippen LogP contribution in [0.3, 0.4) is 0 Å². The summed E-state index contributed by atoms with van der Waals surface area (Å²) in [6.07, 6.45) is 4.11. The Morgan fingerprint density at radius 3 is 2.85 bits per heavy atom. The largest absolute Gasteiger partial charge is 0.301 e. The second kappa shape index (κ2) is 5.50. The highest BCUT2D eigenvalue weighted by Crippen LogP contribution is 2.10. The van der Waals surface area contributed by atoms with E-state index < -0.39 is 0 Å². The van der Waals surface area contributed by atoms with Gasteiger partial charge < -0.3 is 4.57 Å². The third-order valence-corrected chi connectivity index (χ3v) is 2.65. The molecule has 0 saturated carbocycles. The van der Waals surface area contributed by atoms with Crippen molar-refractivity contribution in [3.63, 3.8) is 0 Å². The average molecular weight is 220 g/mol. The highest BCUT2D eigenvalue weighted by molar-refractivity contribution is 7.98. The lowest BCUT2D eigenvalue weighted by molar-refractivity contribution is 0.690. The summed E-state index contributed by atoms with van der Waals surface area (Å²) in [5.41, 5.74) is 0. The lowest BCUT2D eigenvalue weighted by atomic mass is 10.3. The molecule has 0 atom stereocenters. The number of aryl methyl sites for hydroxylation is 1. The molecule has 1 aromatic rings. The predicted molar refractivity (Wildman–Crippen MR) is 57.4 cm³/mol. The summed E-state index contributed by atoms with van der Waals surface area (Å²) in [4.78, 5) is 0. The molecule has 1 rings (SSSR count). The normalized spacial score (nSPS) is 10.7. The topological polar surface area (TPSA) is 30.7 Å². The molecule has 0 aliphatic heterocycles. The fourth-order valence-electron chi connectivity index (χ4n) is 1.13. The highest BCUT2D eigenvalue weighted by Gasteiger charge is 2.07. The third-order valence-electron chi connectivity index (χ3n) is 1.77. The molecule has 1 heterocycles. The number of hydrogen-bond donors (Lipinski definition) is 0. The average Bonchev–Trinajstić information content (AvgIpc) is 2.45. The first kappa shape index (κ1) is 10.9. The molecule has 5 heteroatoms. The van der Waals surface area contributed by atoms with Gasteiger partial charge in [-0.05, 0) is 24.3 Å².